The highest BCUT2D eigenvalue weighted by Crippen LogP contribution is 2.19. The maximum absolute atomic E-state index is 11.0. The molecule has 0 spiro atoms. The lowest BCUT2D eigenvalue weighted by Crippen LogP contribution is -2.02. The van der Waals surface area contributed by atoms with Crippen molar-refractivity contribution < 1.29 is 14.6 Å². The average Bonchev–Trinajstić information content (AvgIpc) is 2.36. The first-order valence-corrected chi connectivity index (χ1v) is 5.71. The number of hydrogen-bond acceptors (Lipinski definition) is 4. The quantitative estimate of drug-likeness (QED) is 0.865. The van der Waals surface area contributed by atoms with E-state index in [0.29, 0.717) is 18.6 Å². The Morgan fingerprint density at radius 2 is 1.89 bits per heavy atom. The molecule has 0 bridgehead atoms. The lowest BCUT2D eigenvalue weighted by atomic mass is 10.0. The zero-order valence-electron chi connectivity index (χ0n) is 9.74. The predicted octanol–water partition coefficient (Wildman–Crippen LogP) is 2.01. The van der Waals surface area contributed by atoms with Gasteiger partial charge in [-0.05, 0) is 12.0 Å². The van der Waals surface area contributed by atoms with E-state index in [1.54, 1.807) is 0 Å². The van der Waals surface area contributed by atoms with E-state index in [2.05, 4.69) is 0 Å². The average molecular weight is 246 g/mol. The topological polar surface area (TPSA) is 70.7 Å². The van der Waals surface area contributed by atoms with Crippen LogP contribution in [-0.2, 0) is 6.42 Å². The van der Waals surface area contributed by atoms with Gasteiger partial charge in [-0.2, -0.15) is 0 Å². The monoisotopic (exact) mass is 246 g/mol. The second-order valence-electron chi connectivity index (χ2n) is 4.07. The zero-order chi connectivity index (χ0) is 13.0. The third kappa shape index (κ3) is 3.21. The summed E-state index contributed by atoms with van der Waals surface area (Å²) in [5.41, 5.74) is 0.235. The van der Waals surface area contributed by atoms with Gasteiger partial charge in [0.2, 0.25) is 0 Å². The summed E-state index contributed by atoms with van der Waals surface area (Å²) in [6, 6.07) is 11.7. The maximum atomic E-state index is 11.0. The van der Waals surface area contributed by atoms with Crippen LogP contribution in [0.3, 0.4) is 0 Å². The van der Waals surface area contributed by atoms with Crippen LogP contribution in [-0.4, -0.2) is 10.2 Å². The summed E-state index contributed by atoms with van der Waals surface area (Å²) in [5, 5.41) is 19.2. The number of aliphatic hydroxyl groups is 1. The van der Waals surface area contributed by atoms with Gasteiger partial charge in [0.1, 0.15) is 11.5 Å². The van der Waals surface area contributed by atoms with Crippen LogP contribution in [0.2, 0.25) is 0 Å². The minimum atomic E-state index is -0.612. The Morgan fingerprint density at radius 1 is 1.17 bits per heavy atom. The van der Waals surface area contributed by atoms with Crippen molar-refractivity contribution in [2.24, 2.45) is 0 Å². The summed E-state index contributed by atoms with van der Waals surface area (Å²) in [7, 11) is 0. The lowest BCUT2D eigenvalue weighted by molar-refractivity contribution is 0.165. The largest absolute Gasteiger partial charge is 0.508 e. The Labute approximate surface area is 104 Å². The zero-order valence-corrected chi connectivity index (χ0v) is 9.74. The van der Waals surface area contributed by atoms with Crippen LogP contribution in [0.25, 0.3) is 0 Å². The molecule has 2 aromatic rings. The van der Waals surface area contributed by atoms with Gasteiger partial charge in [0.25, 0.3) is 0 Å². The maximum Gasteiger partial charge on any atom is 0.339 e. The van der Waals surface area contributed by atoms with Gasteiger partial charge >= 0.3 is 5.63 Å². The van der Waals surface area contributed by atoms with E-state index in [9.17, 15) is 15.0 Å². The molecule has 1 aromatic heterocycles. The third-order valence-electron chi connectivity index (χ3n) is 2.65. The molecule has 0 aliphatic carbocycles. The van der Waals surface area contributed by atoms with E-state index in [-0.39, 0.29) is 5.75 Å². The van der Waals surface area contributed by atoms with Crippen LogP contribution < -0.4 is 5.63 Å². The molecule has 1 unspecified atom stereocenters. The summed E-state index contributed by atoms with van der Waals surface area (Å²) < 4.78 is 4.92. The van der Waals surface area contributed by atoms with E-state index < -0.39 is 11.7 Å². The number of rotatable bonds is 4. The van der Waals surface area contributed by atoms with Crippen molar-refractivity contribution in [2.75, 3.05) is 0 Å². The summed E-state index contributed by atoms with van der Waals surface area (Å²) in [6.07, 6.45) is 0.203. The van der Waals surface area contributed by atoms with Crippen LogP contribution in [0.4, 0.5) is 0 Å². The van der Waals surface area contributed by atoms with Gasteiger partial charge in [-0.1, -0.05) is 30.3 Å². The lowest BCUT2D eigenvalue weighted by Gasteiger charge is -2.10. The molecule has 1 aromatic carbocycles. The number of hydrogen-bond donors (Lipinski definition) is 2. The number of aromatic hydroxyl groups is 1. The molecule has 4 heteroatoms. The summed E-state index contributed by atoms with van der Waals surface area (Å²) in [5.74, 6) is 0.255. The van der Waals surface area contributed by atoms with Gasteiger partial charge in [0.15, 0.2) is 0 Å². The van der Waals surface area contributed by atoms with Gasteiger partial charge in [-0.15, -0.1) is 0 Å². The number of aliphatic hydroxyl groups excluding tert-OH is 1. The number of aryl methyl sites for hydroxylation is 1. The molecule has 0 aliphatic rings. The van der Waals surface area contributed by atoms with Crippen LogP contribution in [0, 0.1) is 0 Å². The normalized spacial score (nSPS) is 12.3. The van der Waals surface area contributed by atoms with Gasteiger partial charge in [-0.3, -0.25) is 0 Å². The van der Waals surface area contributed by atoms with Crippen LogP contribution in [0.5, 0.6) is 5.75 Å². The second kappa shape index (κ2) is 5.51. The first kappa shape index (κ1) is 12.4. The molecule has 0 saturated heterocycles. The Balaban J connectivity index is 2.01. The highest BCUT2D eigenvalue weighted by molar-refractivity contribution is 5.20. The minimum absolute atomic E-state index is 0.115. The van der Waals surface area contributed by atoms with E-state index in [1.165, 1.54) is 6.07 Å². The van der Waals surface area contributed by atoms with Crippen molar-refractivity contribution >= 4 is 0 Å². The first-order valence-electron chi connectivity index (χ1n) is 5.71. The molecular formula is C14H14O4. The standard InChI is InChI=1S/C14H14O4/c15-11-8-12(18-14(17)9-11)6-7-13(16)10-4-2-1-3-5-10/h1-5,8-9,13,15-16H,6-7H2. The van der Waals surface area contributed by atoms with Gasteiger partial charge in [0.05, 0.1) is 12.2 Å². The minimum Gasteiger partial charge on any atom is -0.508 e. The Bertz CT molecular complexity index is 560. The Morgan fingerprint density at radius 3 is 2.56 bits per heavy atom. The SMILES string of the molecule is O=c1cc(O)cc(CCC(O)c2ccccc2)o1. The molecular weight excluding hydrogens is 232 g/mol. The van der Waals surface area contributed by atoms with Crippen molar-refractivity contribution in [1.82, 2.24) is 0 Å². The van der Waals surface area contributed by atoms with Gasteiger partial charge in [0, 0.05) is 12.5 Å². The molecule has 0 amide bonds. The molecule has 2 N–H and O–H groups in total. The molecule has 1 heterocycles. The van der Waals surface area contributed by atoms with Crippen LogP contribution in [0.15, 0.2) is 51.7 Å². The number of benzene rings is 1. The fourth-order valence-electron chi connectivity index (χ4n) is 1.76. The molecule has 94 valence electrons. The van der Waals surface area contributed by atoms with E-state index >= 15 is 0 Å². The molecule has 0 radical (unpaired) electrons. The fraction of sp³-hybridized carbons (Fsp3) is 0.214. The van der Waals surface area contributed by atoms with Crippen molar-refractivity contribution in [1.29, 1.82) is 0 Å². The molecule has 0 aliphatic heterocycles. The Kier molecular flexibility index (Phi) is 3.79. The summed E-state index contributed by atoms with van der Waals surface area (Å²) in [4.78, 5) is 11.0. The van der Waals surface area contributed by atoms with E-state index in [4.69, 9.17) is 4.42 Å². The molecule has 0 saturated carbocycles. The fourth-order valence-corrected chi connectivity index (χ4v) is 1.76. The van der Waals surface area contributed by atoms with Crippen LogP contribution >= 0.6 is 0 Å². The first-order chi connectivity index (χ1) is 8.65. The molecule has 18 heavy (non-hydrogen) atoms. The van der Waals surface area contributed by atoms with E-state index in [0.717, 1.165) is 11.6 Å². The third-order valence-corrected chi connectivity index (χ3v) is 2.65. The van der Waals surface area contributed by atoms with Crippen molar-refractivity contribution in [2.45, 2.75) is 18.9 Å². The molecule has 1 atom stereocenters. The second-order valence-corrected chi connectivity index (χ2v) is 4.07. The summed E-state index contributed by atoms with van der Waals surface area (Å²) >= 11 is 0. The highest BCUT2D eigenvalue weighted by atomic mass is 16.4. The van der Waals surface area contributed by atoms with Crippen molar-refractivity contribution in [3.05, 3.63) is 64.2 Å². The van der Waals surface area contributed by atoms with Gasteiger partial charge in [-0.25, -0.2) is 4.79 Å². The highest BCUT2D eigenvalue weighted by Gasteiger charge is 2.09. The summed E-state index contributed by atoms with van der Waals surface area (Å²) in [6.45, 7) is 0. The smallest absolute Gasteiger partial charge is 0.339 e. The predicted molar refractivity (Wildman–Crippen MR) is 66.4 cm³/mol. The van der Waals surface area contributed by atoms with Crippen molar-refractivity contribution in [3.8, 4) is 5.75 Å². The van der Waals surface area contributed by atoms with E-state index in [1.807, 2.05) is 30.3 Å². The molecule has 2 rings (SSSR count). The van der Waals surface area contributed by atoms with Crippen molar-refractivity contribution in [3.63, 3.8) is 0 Å². The molecule has 0 fully saturated rings. The molecule has 4 nitrogen and oxygen atoms in total. The van der Waals surface area contributed by atoms with Gasteiger partial charge < -0.3 is 14.6 Å². The van der Waals surface area contributed by atoms with Crippen LogP contribution in [0.1, 0.15) is 23.8 Å². The Hall–Kier alpha value is -2.07.